The van der Waals surface area contributed by atoms with Crippen molar-refractivity contribution in [2.24, 2.45) is 10.9 Å². The quantitative estimate of drug-likeness (QED) is 0.580. The van der Waals surface area contributed by atoms with E-state index >= 15 is 0 Å². The van der Waals surface area contributed by atoms with Crippen LogP contribution < -0.4 is 10.6 Å². The molecule has 8 heteroatoms. The molecule has 1 saturated heterocycles. The molecule has 0 unspecified atom stereocenters. The Morgan fingerprint density at radius 3 is 2.58 bits per heavy atom. The number of sulfonamides is 1. The Morgan fingerprint density at radius 2 is 2.00 bits per heavy atom. The molecule has 1 aliphatic heterocycles. The minimum absolute atomic E-state index is 0.215. The third-order valence-electron chi connectivity index (χ3n) is 4.60. The number of hydrogen-bond acceptors (Lipinski definition) is 3. The zero-order valence-electron chi connectivity index (χ0n) is 15.8. The number of aliphatic imine (C=N–C) groups is 1. The molecule has 1 fully saturated rings. The third-order valence-corrected chi connectivity index (χ3v) is 5.90. The van der Waals surface area contributed by atoms with Gasteiger partial charge in [-0.25, -0.2) is 22.1 Å². The fourth-order valence-corrected chi connectivity index (χ4v) is 3.81. The molecule has 1 aromatic carbocycles. The maximum absolute atomic E-state index is 13.6. The fourth-order valence-electron chi connectivity index (χ4n) is 2.93. The van der Waals surface area contributed by atoms with E-state index in [4.69, 9.17) is 0 Å². The van der Waals surface area contributed by atoms with E-state index in [9.17, 15) is 12.8 Å². The Bertz CT molecular complexity index is 729. The standard InChI is InChI=1S/C18H29FN4O2S/c1-4-20-18(22-13-16-6-5-14(2)17(19)11-16)21-12-15-7-9-23(10-8-15)26(3,24)25/h5-6,11,15H,4,7-10,12-13H2,1-3H3,(H2,20,21,22). The summed E-state index contributed by atoms with van der Waals surface area (Å²) >= 11 is 0. The summed E-state index contributed by atoms with van der Waals surface area (Å²) in [6, 6.07) is 5.16. The average Bonchev–Trinajstić information content (AvgIpc) is 2.60. The van der Waals surface area contributed by atoms with Crippen LogP contribution in [0.25, 0.3) is 0 Å². The summed E-state index contributed by atoms with van der Waals surface area (Å²) in [5.41, 5.74) is 1.45. The van der Waals surface area contributed by atoms with E-state index in [0.717, 1.165) is 31.5 Å². The van der Waals surface area contributed by atoms with Gasteiger partial charge in [0.15, 0.2) is 5.96 Å². The van der Waals surface area contributed by atoms with Crippen molar-refractivity contribution in [2.75, 3.05) is 32.4 Å². The lowest BCUT2D eigenvalue weighted by Crippen LogP contribution is -2.44. The Kier molecular flexibility index (Phi) is 7.40. The summed E-state index contributed by atoms with van der Waals surface area (Å²) in [7, 11) is -3.09. The lowest BCUT2D eigenvalue weighted by molar-refractivity contribution is 0.275. The number of nitrogens with one attached hydrogen (secondary N) is 2. The van der Waals surface area contributed by atoms with Gasteiger partial charge in [-0.2, -0.15) is 0 Å². The van der Waals surface area contributed by atoms with Gasteiger partial charge in [-0.1, -0.05) is 12.1 Å². The molecule has 2 rings (SSSR count). The van der Waals surface area contributed by atoms with Crippen molar-refractivity contribution in [1.29, 1.82) is 0 Å². The molecule has 2 N–H and O–H groups in total. The second-order valence-electron chi connectivity index (χ2n) is 6.77. The predicted molar refractivity (Wildman–Crippen MR) is 103 cm³/mol. The molecule has 0 aliphatic carbocycles. The Labute approximate surface area is 155 Å². The molecule has 26 heavy (non-hydrogen) atoms. The van der Waals surface area contributed by atoms with E-state index < -0.39 is 10.0 Å². The van der Waals surface area contributed by atoms with Crippen LogP contribution in [0.15, 0.2) is 23.2 Å². The molecule has 1 aliphatic rings. The molecule has 146 valence electrons. The summed E-state index contributed by atoms with van der Waals surface area (Å²) in [4.78, 5) is 4.51. The molecule has 0 amide bonds. The molecule has 1 heterocycles. The zero-order valence-corrected chi connectivity index (χ0v) is 16.6. The van der Waals surface area contributed by atoms with E-state index in [2.05, 4.69) is 15.6 Å². The van der Waals surface area contributed by atoms with E-state index in [1.807, 2.05) is 13.0 Å². The van der Waals surface area contributed by atoms with Crippen molar-refractivity contribution < 1.29 is 12.8 Å². The SMILES string of the molecule is CCNC(=NCc1ccc(C)c(F)c1)NCC1CCN(S(C)(=O)=O)CC1. The minimum atomic E-state index is -3.09. The van der Waals surface area contributed by atoms with Gasteiger partial charge in [-0.3, -0.25) is 0 Å². The first-order valence-electron chi connectivity index (χ1n) is 9.02. The molecule has 0 radical (unpaired) electrons. The maximum Gasteiger partial charge on any atom is 0.211 e. The van der Waals surface area contributed by atoms with E-state index in [-0.39, 0.29) is 5.82 Å². The van der Waals surface area contributed by atoms with Gasteiger partial charge in [0.2, 0.25) is 10.0 Å². The molecule has 0 spiro atoms. The van der Waals surface area contributed by atoms with E-state index in [1.54, 1.807) is 13.0 Å². The van der Waals surface area contributed by atoms with Gasteiger partial charge in [-0.05, 0) is 49.8 Å². The first-order valence-corrected chi connectivity index (χ1v) is 10.9. The lowest BCUT2D eigenvalue weighted by Gasteiger charge is -2.30. The largest absolute Gasteiger partial charge is 0.357 e. The zero-order chi connectivity index (χ0) is 19.2. The van der Waals surface area contributed by atoms with Crippen LogP contribution >= 0.6 is 0 Å². The topological polar surface area (TPSA) is 73.8 Å². The van der Waals surface area contributed by atoms with Crippen LogP contribution in [-0.2, 0) is 16.6 Å². The van der Waals surface area contributed by atoms with Crippen LogP contribution in [0.5, 0.6) is 0 Å². The van der Waals surface area contributed by atoms with Crippen LogP contribution in [-0.4, -0.2) is 51.1 Å². The van der Waals surface area contributed by atoms with Crippen molar-refractivity contribution in [3.63, 3.8) is 0 Å². The maximum atomic E-state index is 13.6. The number of guanidine groups is 1. The second kappa shape index (κ2) is 9.32. The summed E-state index contributed by atoms with van der Waals surface area (Å²) in [5.74, 6) is 0.890. The van der Waals surface area contributed by atoms with Crippen LogP contribution in [0.2, 0.25) is 0 Å². The van der Waals surface area contributed by atoms with Gasteiger partial charge < -0.3 is 10.6 Å². The fraction of sp³-hybridized carbons (Fsp3) is 0.611. The van der Waals surface area contributed by atoms with Crippen molar-refractivity contribution in [1.82, 2.24) is 14.9 Å². The van der Waals surface area contributed by atoms with Crippen molar-refractivity contribution in [3.8, 4) is 0 Å². The predicted octanol–water partition coefficient (Wildman–Crippen LogP) is 1.86. The molecule has 0 aromatic heterocycles. The van der Waals surface area contributed by atoms with Crippen LogP contribution in [0.4, 0.5) is 4.39 Å². The van der Waals surface area contributed by atoms with E-state index in [1.165, 1.54) is 16.6 Å². The Balaban J connectivity index is 1.87. The highest BCUT2D eigenvalue weighted by Gasteiger charge is 2.24. The van der Waals surface area contributed by atoms with E-state index in [0.29, 0.717) is 37.1 Å². The smallest absolute Gasteiger partial charge is 0.211 e. The van der Waals surface area contributed by atoms with Gasteiger partial charge >= 0.3 is 0 Å². The summed E-state index contributed by atoms with van der Waals surface area (Å²) in [6.07, 6.45) is 2.93. The number of rotatable bonds is 6. The number of aryl methyl sites for hydroxylation is 1. The molecular formula is C18H29FN4O2S. The highest BCUT2D eigenvalue weighted by molar-refractivity contribution is 7.88. The molecule has 6 nitrogen and oxygen atoms in total. The van der Waals surface area contributed by atoms with Crippen LogP contribution in [0, 0.1) is 18.7 Å². The van der Waals surface area contributed by atoms with Crippen LogP contribution in [0.3, 0.4) is 0 Å². The van der Waals surface area contributed by atoms with Crippen molar-refractivity contribution in [3.05, 3.63) is 35.1 Å². The van der Waals surface area contributed by atoms with Crippen molar-refractivity contribution >= 4 is 16.0 Å². The first kappa shape index (κ1) is 20.6. The lowest BCUT2D eigenvalue weighted by atomic mass is 9.98. The highest BCUT2D eigenvalue weighted by atomic mass is 32.2. The van der Waals surface area contributed by atoms with Crippen molar-refractivity contribution in [2.45, 2.75) is 33.2 Å². The van der Waals surface area contributed by atoms with Gasteiger partial charge in [0.1, 0.15) is 5.82 Å². The van der Waals surface area contributed by atoms with Gasteiger partial charge in [0.05, 0.1) is 12.8 Å². The number of nitrogens with zero attached hydrogens (tertiary/aromatic N) is 2. The normalized spacial score (nSPS) is 17.3. The summed E-state index contributed by atoms with van der Waals surface area (Å²) < 4.78 is 38.3. The molecule has 0 bridgehead atoms. The summed E-state index contributed by atoms with van der Waals surface area (Å²) in [6.45, 7) is 6.75. The second-order valence-corrected chi connectivity index (χ2v) is 8.75. The monoisotopic (exact) mass is 384 g/mol. The number of halogens is 1. The van der Waals surface area contributed by atoms with Crippen LogP contribution in [0.1, 0.15) is 30.9 Å². The third kappa shape index (κ3) is 6.25. The molecule has 0 atom stereocenters. The summed E-state index contributed by atoms with van der Waals surface area (Å²) in [5, 5.41) is 6.51. The van der Waals surface area contributed by atoms with Gasteiger partial charge in [0.25, 0.3) is 0 Å². The van der Waals surface area contributed by atoms with Gasteiger partial charge in [-0.15, -0.1) is 0 Å². The number of benzene rings is 1. The molecule has 1 aromatic rings. The average molecular weight is 385 g/mol. The first-order chi connectivity index (χ1) is 12.3. The Morgan fingerprint density at radius 1 is 1.31 bits per heavy atom. The number of hydrogen-bond donors (Lipinski definition) is 2. The highest BCUT2D eigenvalue weighted by Crippen LogP contribution is 2.18. The Hall–Kier alpha value is -1.67. The van der Waals surface area contributed by atoms with Gasteiger partial charge in [0, 0.05) is 26.2 Å². The number of piperidine rings is 1. The minimum Gasteiger partial charge on any atom is -0.357 e. The molecular weight excluding hydrogens is 355 g/mol. The molecule has 0 saturated carbocycles.